The highest BCUT2D eigenvalue weighted by Gasteiger charge is 2.43. The Bertz CT molecular complexity index is 687. The summed E-state index contributed by atoms with van der Waals surface area (Å²) in [6.07, 6.45) is 9.86. The lowest BCUT2D eigenvalue weighted by molar-refractivity contribution is -0.141. The van der Waals surface area contributed by atoms with Crippen LogP contribution in [0.2, 0.25) is 0 Å². The fourth-order valence-electron chi connectivity index (χ4n) is 5.04. The highest BCUT2D eigenvalue weighted by atomic mass is 16.3. The van der Waals surface area contributed by atoms with E-state index in [1.165, 1.54) is 4.90 Å². The molecule has 0 unspecified atom stereocenters. The van der Waals surface area contributed by atoms with E-state index < -0.39 is 35.2 Å². The van der Waals surface area contributed by atoms with E-state index >= 15 is 0 Å². The summed E-state index contributed by atoms with van der Waals surface area (Å²) in [6.45, 7) is 4.72. The molecule has 2 aliphatic carbocycles. The second kappa shape index (κ2) is 14.3. The van der Waals surface area contributed by atoms with E-state index in [9.17, 15) is 24.3 Å². The van der Waals surface area contributed by atoms with E-state index in [-0.39, 0.29) is 13.2 Å². The molecule has 194 valence electrons. The zero-order chi connectivity index (χ0) is 25.0. The zero-order valence-electron chi connectivity index (χ0n) is 21.0. The quantitative estimate of drug-likeness (QED) is 0.301. The first kappa shape index (κ1) is 28.1. The molecule has 4 N–H and O–H groups in total. The molecule has 2 saturated carbocycles. The van der Waals surface area contributed by atoms with Crippen LogP contribution in [0.3, 0.4) is 0 Å². The molecule has 0 aromatic carbocycles. The van der Waals surface area contributed by atoms with Gasteiger partial charge in [-0.25, -0.2) is 4.79 Å². The monoisotopic (exact) mass is 480 g/mol. The number of carbonyl (C=O) groups is 4. The molecule has 0 aliphatic heterocycles. The minimum atomic E-state index is -1.12. The lowest BCUT2D eigenvalue weighted by Crippen LogP contribution is -2.64. The molecule has 0 aromatic rings. The van der Waals surface area contributed by atoms with E-state index in [1.54, 1.807) is 0 Å². The largest absolute Gasteiger partial charge is 0.395 e. The summed E-state index contributed by atoms with van der Waals surface area (Å²) in [6, 6.07) is -1.31. The Balaban J connectivity index is 2.09. The van der Waals surface area contributed by atoms with Crippen LogP contribution >= 0.6 is 0 Å². The molecule has 0 radical (unpaired) electrons. The van der Waals surface area contributed by atoms with Crippen molar-refractivity contribution in [2.75, 3.05) is 26.2 Å². The van der Waals surface area contributed by atoms with Gasteiger partial charge >= 0.3 is 6.03 Å². The van der Waals surface area contributed by atoms with Gasteiger partial charge < -0.3 is 26.0 Å². The van der Waals surface area contributed by atoms with Crippen LogP contribution in [0.5, 0.6) is 0 Å². The molecule has 0 aromatic heterocycles. The molecular weight excluding hydrogens is 436 g/mol. The molecule has 4 amide bonds. The molecule has 9 heteroatoms. The number of aliphatic hydroxyl groups is 1. The molecule has 0 bridgehead atoms. The summed E-state index contributed by atoms with van der Waals surface area (Å²) < 4.78 is 0. The summed E-state index contributed by atoms with van der Waals surface area (Å²) in [5.74, 6) is -1.25. The van der Waals surface area contributed by atoms with Crippen LogP contribution in [0.1, 0.15) is 90.9 Å². The van der Waals surface area contributed by atoms with Gasteiger partial charge in [0.1, 0.15) is 5.54 Å². The van der Waals surface area contributed by atoms with Crippen molar-refractivity contribution in [1.29, 1.82) is 0 Å². The molecule has 2 rings (SSSR count). The average Bonchev–Trinajstić information content (AvgIpc) is 3.37. The molecule has 0 spiro atoms. The second-order valence-electron chi connectivity index (χ2n) is 9.77. The number of carbonyl (C=O) groups excluding carboxylic acids is 4. The predicted octanol–water partition coefficient (Wildman–Crippen LogP) is 2.26. The number of Topliss-reactive ketones (excluding diaryl/α,β-unsaturated/α-hetero) is 1. The van der Waals surface area contributed by atoms with E-state index in [4.69, 9.17) is 0 Å². The van der Waals surface area contributed by atoms with Crippen molar-refractivity contribution < 1.29 is 24.3 Å². The zero-order valence-corrected chi connectivity index (χ0v) is 21.0. The van der Waals surface area contributed by atoms with Crippen molar-refractivity contribution in [3.63, 3.8) is 0 Å². The van der Waals surface area contributed by atoms with Crippen molar-refractivity contribution >= 4 is 23.6 Å². The number of nitrogens with one attached hydrogen (secondary N) is 3. The number of likely N-dealkylation sites (N-methyl/N-ethyl adjacent to an activating group) is 1. The maximum absolute atomic E-state index is 13.5. The highest BCUT2D eigenvalue weighted by molar-refractivity contribution is 6.38. The predicted molar refractivity (Wildman–Crippen MR) is 130 cm³/mol. The van der Waals surface area contributed by atoms with Crippen molar-refractivity contribution in [3.8, 4) is 0 Å². The molecule has 0 saturated heterocycles. The van der Waals surface area contributed by atoms with Gasteiger partial charge in [0.05, 0.1) is 12.6 Å². The van der Waals surface area contributed by atoms with Crippen LogP contribution in [0.25, 0.3) is 0 Å². The molecule has 9 nitrogen and oxygen atoms in total. The number of hydrogen-bond donors (Lipinski definition) is 4. The molecule has 1 atom stereocenters. The summed E-state index contributed by atoms with van der Waals surface area (Å²) in [5, 5.41) is 17.8. The first-order valence-electron chi connectivity index (χ1n) is 13.2. The topological polar surface area (TPSA) is 128 Å². The van der Waals surface area contributed by atoms with Crippen LogP contribution in [0.15, 0.2) is 0 Å². The van der Waals surface area contributed by atoms with Crippen molar-refractivity contribution in [2.45, 2.75) is 102 Å². The van der Waals surface area contributed by atoms with Crippen molar-refractivity contribution in [3.05, 3.63) is 0 Å². The summed E-state index contributed by atoms with van der Waals surface area (Å²) in [5.41, 5.74) is -1.12. The summed E-state index contributed by atoms with van der Waals surface area (Å²) >= 11 is 0. The van der Waals surface area contributed by atoms with Gasteiger partial charge in [-0.2, -0.15) is 0 Å². The number of amides is 4. The highest BCUT2D eigenvalue weighted by Crippen LogP contribution is 2.29. The maximum atomic E-state index is 13.5. The number of aliphatic hydroxyl groups excluding tert-OH is 1. The SMILES string of the molecule is CCCC[C@H](NC(=O)C1(NC(=O)N(CC)CCO)CCCCC1)C(=O)C(=O)NCC1CCCC1. The number of hydrogen-bond acceptors (Lipinski definition) is 5. The van der Waals surface area contributed by atoms with Crippen LogP contribution in [0, 0.1) is 5.92 Å². The van der Waals surface area contributed by atoms with Crippen LogP contribution in [-0.4, -0.2) is 71.5 Å². The Morgan fingerprint density at radius 1 is 1.03 bits per heavy atom. The Labute approximate surface area is 203 Å². The van der Waals surface area contributed by atoms with Crippen LogP contribution in [-0.2, 0) is 14.4 Å². The van der Waals surface area contributed by atoms with Gasteiger partial charge in [-0.1, -0.05) is 51.9 Å². The Morgan fingerprint density at radius 3 is 2.29 bits per heavy atom. The molecule has 34 heavy (non-hydrogen) atoms. The van der Waals surface area contributed by atoms with Gasteiger partial charge in [0.25, 0.3) is 5.91 Å². The maximum Gasteiger partial charge on any atom is 0.318 e. The lowest BCUT2D eigenvalue weighted by Gasteiger charge is -2.39. The third kappa shape index (κ3) is 7.96. The van der Waals surface area contributed by atoms with Crippen molar-refractivity contribution in [1.82, 2.24) is 20.9 Å². The summed E-state index contributed by atoms with van der Waals surface area (Å²) in [7, 11) is 0. The second-order valence-corrected chi connectivity index (χ2v) is 9.77. The fraction of sp³-hybridized carbons (Fsp3) is 0.840. The fourth-order valence-corrected chi connectivity index (χ4v) is 5.04. The molecular formula is C25H44N4O5. The van der Waals surface area contributed by atoms with E-state index in [0.717, 1.165) is 51.4 Å². The van der Waals surface area contributed by atoms with E-state index in [2.05, 4.69) is 16.0 Å². The Hall–Kier alpha value is -2.16. The van der Waals surface area contributed by atoms with Crippen molar-refractivity contribution in [2.24, 2.45) is 5.92 Å². The first-order valence-corrected chi connectivity index (χ1v) is 13.2. The van der Waals surface area contributed by atoms with Gasteiger partial charge in [-0.05, 0) is 44.9 Å². The standard InChI is InChI=1S/C25H44N4O5/c1-3-5-13-20(21(31)22(32)26-18-19-11-7-8-12-19)27-23(33)25(14-9-6-10-15-25)28-24(34)29(4-2)16-17-30/h19-20,30H,3-18H2,1-2H3,(H,26,32)(H,27,33)(H,28,34)/t20-/m0/s1. The van der Waals surface area contributed by atoms with Crippen LogP contribution in [0.4, 0.5) is 4.79 Å². The van der Waals surface area contributed by atoms with Crippen LogP contribution < -0.4 is 16.0 Å². The number of rotatable bonds is 13. The first-order chi connectivity index (χ1) is 16.4. The van der Waals surface area contributed by atoms with E-state index in [0.29, 0.717) is 44.7 Å². The third-order valence-electron chi connectivity index (χ3n) is 7.24. The Kier molecular flexibility index (Phi) is 11.8. The minimum Gasteiger partial charge on any atom is -0.395 e. The molecule has 2 aliphatic rings. The van der Waals surface area contributed by atoms with E-state index in [1.807, 2.05) is 13.8 Å². The Morgan fingerprint density at radius 2 is 1.71 bits per heavy atom. The van der Waals surface area contributed by atoms with Gasteiger partial charge in [0.15, 0.2) is 0 Å². The van der Waals surface area contributed by atoms with Gasteiger partial charge in [0, 0.05) is 19.6 Å². The normalized spacial score (nSPS) is 18.7. The minimum absolute atomic E-state index is 0.163. The molecule has 0 heterocycles. The number of urea groups is 1. The number of nitrogens with zero attached hydrogens (tertiary/aromatic N) is 1. The van der Waals surface area contributed by atoms with Gasteiger partial charge in [-0.15, -0.1) is 0 Å². The average molecular weight is 481 g/mol. The smallest absolute Gasteiger partial charge is 0.318 e. The third-order valence-corrected chi connectivity index (χ3v) is 7.24. The molecule has 2 fully saturated rings. The van der Waals surface area contributed by atoms with Gasteiger partial charge in [-0.3, -0.25) is 14.4 Å². The van der Waals surface area contributed by atoms with Gasteiger partial charge in [0.2, 0.25) is 11.7 Å². The number of ketones is 1. The lowest BCUT2D eigenvalue weighted by atomic mass is 9.80. The number of unbranched alkanes of at least 4 members (excludes halogenated alkanes) is 1. The summed E-state index contributed by atoms with van der Waals surface area (Å²) in [4.78, 5) is 53.4.